The first-order valence-corrected chi connectivity index (χ1v) is 15.9. The normalized spacial score (nSPS) is 37.3. The second kappa shape index (κ2) is 10.9. The Labute approximate surface area is 218 Å². The van der Waals surface area contributed by atoms with Crippen molar-refractivity contribution in [3.63, 3.8) is 0 Å². The molecule has 4 fully saturated rings. The summed E-state index contributed by atoms with van der Waals surface area (Å²) in [6.07, 6.45) is 13.1. The molecule has 7 unspecified atom stereocenters. The summed E-state index contributed by atoms with van der Waals surface area (Å²) >= 11 is 0. The van der Waals surface area contributed by atoms with Crippen LogP contribution in [0.25, 0.3) is 4.98 Å². The Morgan fingerprint density at radius 3 is 1.88 bits per heavy atom. The SMILES string of the molecule is CN1C2CCCCC2C2C1C1CCCCC1C2[Si](C)(C)[N-]C(C)(C)CC(C)(C)C.[CH3-].[CH3-].[Ti+3]. The number of hydrogen-bond donors (Lipinski definition) is 0. The van der Waals surface area contributed by atoms with E-state index in [2.05, 4.69) is 59.7 Å². The van der Waals surface area contributed by atoms with E-state index in [0.29, 0.717) is 5.41 Å². The summed E-state index contributed by atoms with van der Waals surface area (Å²) in [4.78, 5) is 8.76. The van der Waals surface area contributed by atoms with E-state index in [1.807, 2.05) is 0 Å². The standard InChI is InChI=1S/C26H49N2Si.2CH3.Ti/c1-25(2,3)17-26(4,5)27-29(7,8)24-19-14-10-9-13-18(19)23-22(24)20-15-11-12-16-21(20)28(23)6;;;/h18-24H,9-17H2,1-8H3;2*1H3;/q3*-1;+3. The summed E-state index contributed by atoms with van der Waals surface area (Å²) in [5.41, 5.74) is 1.39. The van der Waals surface area contributed by atoms with Crippen molar-refractivity contribution in [1.82, 2.24) is 4.90 Å². The van der Waals surface area contributed by atoms with Crippen molar-refractivity contribution in [3.05, 3.63) is 19.8 Å². The van der Waals surface area contributed by atoms with E-state index in [4.69, 9.17) is 4.98 Å². The van der Waals surface area contributed by atoms with Crippen LogP contribution < -0.4 is 0 Å². The molecule has 4 rings (SSSR count). The van der Waals surface area contributed by atoms with Crippen LogP contribution in [0.1, 0.15) is 92.4 Å². The van der Waals surface area contributed by atoms with Crippen molar-refractivity contribution in [1.29, 1.82) is 0 Å². The predicted molar refractivity (Wildman–Crippen MR) is 142 cm³/mol. The zero-order chi connectivity index (χ0) is 21.2. The topological polar surface area (TPSA) is 17.3 Å². The molecule has 1 saturated heterocycles. The van der Waals surface area contributed by atoms with Gasteiger partial charge in [0.15, 0.2) is 0 Å². The largest absolute Gasteiger partial charge is 3.00 e. The van der Waals surface area contributed by atoms with Crippen LogP contribution in [0.15, 0.2) is 0 Å². The molecule has 4 heteroatoms. The average Bonchev–Trinajstić information content (AvgIpc) is 3.06. The van der Waals surface area contributed by atoms with Crippen LogP contribution in [0.4, 0.5) is 0 Å². The molecule has 1 aliphatic heterocycles. The van der Waals surface area contributed by atoms with E-state index in [0.717, 1.165) is 41.3 Å². The molecule has 7 atom stereocenters. The number of fused-ring (bicyclic) bond motifs is 5. The zero-order valence-corrected chi connectivity index (χ0v) is 25.9. The molecule has 0 aromatic rings. The summed E-state index contributed by atoms with van der Waals surface area (Å²) in [6.45, 7) is 17.4. The fraction of sp³-hybridized carbons (Fsp3) is 0.929. The fourth-order valence-corrected chi connectivity index (χ4v) is 14.1. The molecule has 3 saturated carbocycles. The van der Waals surface area contributed by atoms with Crippen molar-refractivity contribution in [3.8, 4) is 0 Å². The summed E-state index contributed by atoms with van der Waals surface area (Å²) in [5, 5.41) is 0. The van der Waals surface area contributed by atoms with Crippen LogP contribution in [0.3, 0.4) is 0 Å². The van der Waals surface area contributed by atoms with E-state index in [1.54, 1.807) is 0 Å². The molecule has 0 amide bonds. The molecular formula is C28H55N2SiTi. The summed E-state index contributed by atoms with van der Waals surface area (Å²) in [7, 11) is 0.804. The molecule has 32 heavy (non-hydrogen) atoms. The van der Waals surface area contributed by atoms with Crippen LogP contribution >= 0.6 is 0 Å². The number of hydrogen-bond acceptors (Lipinski definition) is 1. The molecule has 0 bridgehead atoms. The van der Waals surface area contributed by atoms with Crippen molar-refractivity contribution < 1.29 is 21.7 Å². The van der Waals surface area contributed by atoms with Gasteiger partial charge in [0, 0.05) is 12.1 Å². The van der Waals surface area contributed by atoms with Gasteiger partial charge in [-0.1, -0.05) is 100 Å². The second-order valence-electron chi connectivity index (χ2n) is 13.7. The molecular weight excluding hydrogens is 440 g/mol. The van der Waals surface area contributed by atoms with Crippen molar-refractivity contribution in [2.75, 3.05) is 7.05 Å². The van der Waals surface area contributed by atoms with Gasteiger partial charge in [0.1, 0.15) is 0 Å². The first kappa shape index (κ1) is 30.9. The van der Waals surface area contributed by atoms with Crippen LogP contribution in [0.5, 0.6) is 0 Å². The Morgan fingerprint density at radius 2 is 1.31 bits per heavy atom. The third-order valence-corrected chi connectivity index (χ3v) is 12.8. The van der Waals surface area contributed by atoms with Crippen LogP contribution in [0, 0.1) is 43.9 Å². The molecule has 1 heterocycles. The molecule has 185 valence electrons. The van der Waals surface area contributed by atoms with Gasteiger partial charge in [0.25, 0.3) is 0 Å². The fourth-order valence-electron chi connectivity index (χ4n) is 9.44. The molecule has 0 spiro atoms. The maximum absolute atomic E-state index is 5.84. The quantitative estimate of drug-likeness (QED) is 0.283. The van der Waals surface area contributed by atoms with Crippen molar-refractivity contribution in [2.24, 2.45) is 29.1 Å². The maximum Gasteiger partial charge on any atom is 3.00 e. The molecule has 1 radical (unpaired) electrons. The minimum Gasteiger partial charge on any atom is -0.659 e. The minimum absolute atomic E-state index is 0. The van der Waals surface area contributed by atoms with E-state index in [-0.39, 0.29) is 42.1 Å². The van der Waals surface area contributed by atoms with E-state index < -0.39 is 8.24 Å². The van der Waals surface area contributed by atoms with Gasteiger partial charge >= 0.3 is 21.7 Å². The Kier molecular flexibility index (Phi) is 10.5. The van der Waals surface area contributed by atoms with Gasteiger partial charge in [-0.3, -0.25) is 4.90 Å². The Hall–Kier alpha value is 0.851. The van der Waals surface area contributed by atoms with Gasteiger partial charge in [-0.25, -0.2) is 0 Å². The minimum atomic E-state index is -1.71. The van der Waals surface area contributed by atoms with E-state index in [1.165, 1.54) is 57.8 Å². The predicted octanol–water partition coefficient (Wildman–Crippen LogP) is 8.36. The maximum atomic E-state index is 5.84. The molecule has 0 aromatic carbocycles. The zero-order valence-electron chi connectivity index (χ0n) is 23.3. The number of rotatable bonds is 4. The molecule has 0 N–H and O–H groups in total. The van der Waals surface area contributed by atoms with E-state index >= 15 is 0 Å². The average molecular weight is 496 g/mol. The van der Waals surface area contributed by atoms with Gasteiger partial charge in [-0.2, -0.15) is 0 Å². The molecule has 3 aliphatic carbocycles. The summed E-state index contributed by atoms with van der Waals surface area (Å²) in [5.74, 6) is 3.87. The smallest absolute Gasteiger partial charge is 0.659 e. The van der Waals surface area contributed by atoms with Gasteiger partial charge in [-0.15, -0.1) is 5.54 Å². The second-order valence-corrected chi connectivity index (χ2v) is 17.9. The number of nitrogens with zero attached hydrogens (tertiary/aromatic N) is 2. The monoisotopic (exact) mass is 495 g/mol. The Morgan fingerprint density at radius 1 is 0.812 bits per heavy atom. The van der Waals surface area contributed by atoms with Crippen molar-refractivity contribution >= 4 is 8.24 Å². The van der Waals surface area contributed by atoms with Gasteiger partial charge < -0.3 is 19.8 Å². The molecule has 2 nitrogen and oxygen atoms in total. The van der Waals surface area contributed by atoms with Crippen LogP contribution in [-0.2, 0) is 21.7 Å². The van der Waals surface area contributed by atoms with Crippen molar-refractivity contribution in [2.45, 2.75) is 129 Å². The van der Waals surface area contributed by atoms with Gasteiger partial charge in [0.2, 0.25) is 0 Å². The summed E-state index contributed by atoms with van der Waals surface area (Å²) in [6, 6.07) is 1.77. The first-order valence-electron chi connectivity index (χ1n) is 12.9. The van der Waals surface area contributed by atoms with Crippen LogP contribution in [0.2, 0.25) is 18.6 Å². The summed E-state index contributed by atoms with van der Waals surface area (Å²) < 4.78 is 0. The van der Waals surface area contributed by atoms with Gasteiger partial charge in [-0.05, 0) is 55.4 Å². The van der Waals surface area contributed by atoms with E-state index in [9.17, 15) is 0 Å². The van der Waals surface area contributed by atoms with Gasteiger partial charge in [0.05, 0.1) is 0 Å². The third kappa shape index (κ3) is 5.80. The Balaban J connectivity index is 0.00000171. The molecule has 0 aromatic heterocycles. The number of likely N-dealkylation sites (tertiary alicyclic amines) is 1. The molecule has 4 aliphatic rings. The third-order valence-electron chi connectivity index (χ3n) is 9.22. The first-order chi connectivity index (χ1) is 13.4. The van der Waals surface area contributed by atoms with Crippen LogP contribution in [-0.4, -0.2) is 37.8 Å². The Bertz CT molecular complexity index is 597.